The van der Waals surface area contributed by atoms with Crippen LogP contribution in [0, 0.1) is 5.92 Å². The molecule has 1 aromatic rings. The van der Waals surface area contributed by atoms with E-state index in [9.17, 15) is 0 Å². The molecule has 2 N–H and O–H groups in total. The van der Waals surface area contributed by atoms with E-state index in [0.717, 1.165) is 50.5 Å². The lowest BCUT2D eigenvalue weighted by atomic mass is 10.00. The summed E-state index contributed by atoms with van der Waals surface area (Å²) in [5.74, 6) is 1.48. The Labute approximate surface area is 108 Å². The van der Waals surface area contributed by atoms with Gasteiger partial charge in [0.2, 0.25) is 5.95 Å². The van der Waals surface area contributed by atoms with Gasteiger partial charge in [-0.3, -0.25) is 0 Å². The molecule has 0 radical (unpaired) electrons. The molecule has 0 amide bonds. The number of hydrogen-bond donors (Lipinski definition) is 1. The molecule has 2 heterocycles. The first-order chi connectivity index (χ1) is 8.79. The summed E-state index contributed by atoms with van der Waals surface area (Å²) in [6.07, 6.45) is 6.85. The van der Waals surface area contributed by atoms with Crippen LogP contribution in [0.4, 0.5) is 5.95 Å². The van der Waals surface area contributed by atoms with Crippen LogP contribution >= 0.6 is 0 Å². The second kappa shape index (κ2) is 6.66. The Morgan fingerprint density at radius 2 is 2.00 bits per heavy atom. The van der Waals surface area contributed by atoms with Gasteiger partial charge in [-0.05, 0) is 37.3 Å². The maximum absolute atomic E-state index is 5.50. The monoisotopic (exact) mass is 250 g/mol. The molecule has 1 saturated heterocycles. The summed E-state index contributed by atoms with van der Waals surface area (Å²) in [6.45, 7) is 3.41. The number of nitrogens with zero attached hydrogens (tertiary/aromatic N) is 3. The Morgan fingerprint density at radius 3 is 2.61 bits per heavy atom. The number of aromatic nitrogens is 2. The Bertz CT molecular complexity index is 349. The third kappa shape index (κ3) is 3.65. The molecule has 1 aromatic heterocycles. The Balaban J connectivity index is 1.89. The summed E-state index contributed by atoms with van der Waals surface area (Å²) in [6, 6.07) is 0. The molecule has 0 aliphatic carbocycles. The molecule has 0 aromatic carbocycles. The van der Waals surface area contributed by atoms with E-state index >= 15 is 0 Å². The summed E-state index contributed by atoms with van der Waals surface area (Å²) >= 11 is 0. The van der Waals surface area contributed by atoms with Crippen molar-refractivity contribution >= 4 is 5.95 Å². The highest BCUT2D eigenvalue weighted by atomic mass is 16.5. The number of hydrogen-bond acceptors (Lipinski definition) is 5. The van der Waals surface area contributed by atoms with Crippen molar-refractivity contribution in [1.29, 1.82) is 0 Å². The van der Waals surface area contributed by atoms with E-state index in [0.29, 0.717) is 12.5 Å². The lowest BCUT2D eigenvalue weighted by molar-refractivity contribution is 0.0684. The highest BCUT2D eigenvalue weighted by molar-refractivity contribution is 5.28. The minimum atomic E-state index is 0.640. The molecule has 0 unspecified atom stereocenters. The second-order valence-corrected chi connectivity index (χ2v) is 4.87. The summed E-state index contributed by atoms with van der Waals surface area (Å²) in [5.41, 5.74) is 6.60. The average molecular weight is 250 g/mol. The molecule has 1 fully saturated rings. The fourth-order valence-corrected chi connectivity index (χ4v) is 2.24. The third-order valence-electron chi connectivity index (χ3n) is 3.34. The van der Waals surface area contributed by atoms with E-state index in [1.165, 1.54) is 0 Å². The SMILES string of the molecule is CN(CC1CCOCC1)c1ncc(CCN)cn1. The molecule has 100 valence electrons. The predicted octanol–water partition coefficient (Wildman–Crippen LogP) is 0.841. The average Bonchev–Trinajstić information content (AvgIpc) is 2.41. The number of ether oxygens (including phenoxy) is 1. The second-order valence-electron chi connectivity index (χ2n) is 4.87. The smallest absolute Gasteiger partial charge is 0.224 e. The van der Waals surface area contributed by atoms with Crippen LogP contribution in [-0.2, 0) is 11.2 Å². The van der Waals surface area contributed by atoms with E-state index in [-0.39, 0.29) is 0 Å². The molecule has 18 heavy (non-hydrogen) atoms. The fraction of sp³-hybridized carbons (Fsp3) is 0.692. The van der Waals surface area contributed by atoms with Gasteiger partial charge in [-0.25, -0.2) is 9.97 Å². The lowest BCUT2D eigenvalue weighted by Crippen LogP contribution is -2.30. The van der Waals surface area contributed by atoms with Crippen LogP contribution in [-0.4, -0.2) is 43.3 Å². The van der Waals surface area contributed by atoms with Crippen molar-refractivity contribution < 1.29 is 4.74 Å². The van der Waals surface area contributed by atoms with Crippen molar-refractivity contribution in [2.24, 2.45) is 11.7 Å². The summed E-state index contributed by atoms with van der Waals surface area (Å²) in [4.78, 5) is 10.9. The minimum absolute atomic E-state index is 0.640. The topological polar surface area (TPSA) is 64.3 Å². The van der Waals surface area contributed by atoms with Gasteiger partial charge in [-0.2, -0.15) is 0 Å². The van der Waals surface area contributed by atoms with Gasteiger partial charge in [-0.1, -0.05) is 0 Å². The minimum Gasteiger partial charge on any atom is -0.381 e. The van der Waals surface area contributed by atoms with E-state index in [4.69, 9.17) is 10.5 Å². The van der Waals surface area contributed by atoms with Gasteiger partial charge in [0.15, 0.2) is 0 Å². The molecule has 0 atom stereocenters. The zero-order valence-electron chi connectivity index (χ0n) is 11.0. The first-order valence-electron chi connectivity index (χ1n) is 6.59. The van der Waals surface area contributed by atoms with Gasteiger partial charge in [0.1, 0.15) is 0 Å². The quantitative estimate of drug-likeness (QED) is 0.839. The summed E-state index contributed by atoms with van der Waals surface area (Å²) in [7, 11) is 2.05. The molecule has 5 heteroatoms. The maximum Gasteiger partial charge on any atom is 0.224 e. The van der Waals surface area contributed by atoms with Gasteiger partial charge >= 0.3 is 0 Å². The van der Waals surface area contributed by atoms with Crippen molar-refractivity contribution in [3.8, 4) is 0 Å². The van der Waals surface area contributed by atoms with Crippen LogP contribution in [0.25, 0.3) is 0 Å². The van der Waals surface area contributed by atoms with E-state index in [1.807, 2.05) is 19.4 Å². The first kappa shape index (κ1) is 13.2. The molecule has 0 saturated carbocycles. The zero-order chi connectivity index (χ0) is 12.8. The summed E-state index contributed by atoms with van der Waals surface area (Å²) in [5, 5.41) is 0. The van der Waals surface area contributed by atoms with Crippen molar-refractivity contribution in [2.45, 2.75) is 19.3 Å². The number of nitrogens with two attached hydrogens (primary N) is 1. The molecular weight excluding hydrogens is 228 g/mol. The van der Waals surface area contributed by atoms with Crippen LogP contribution in [0.3, 0.4) is 0 Å². The van der Waals surface area contributed by atoms with Crippen molar-refractivity contribution in [1.82, 2.24) is 9.97 Å². The van der Waals surface area contributed by atoms with Gasteiger partial charge < -0.3 is 15.4 Å². The van der Waals surface area contributed by atoms with Crippen molar-refractivity contribution in [3.05, 3.63) is 18.0 Å². The maximum atomic E-state index is 5.50. The lowest BCUT2D eigenvalue weighted by Gasteiger charge is -2.27. The van der Waals surface area contributed by atoms with Crippen LogP contribution in [0.5, 0.6) is 0 Å². The standard InChI is InChI=1S/C13H22N4O/c1-17(10-11-3-6-18-7-4-11)13-15-8-12(2-5-14)9-16-13/h8-9,11H,2-7,10,14H2,1H3. The van der Waals surface area contributed by atoms with Crippen LogP contribution in [0.15, 0.2) is 12.4 Å². The normalized spacial score (nSPS) is 16.8. The predicted molar refractivity (Wildman–Crippen MR) is 71.6 cm³/mol. The first-order valence-corrected chi connectivity index (χ1v) is 6.59. The van der Waals surface area contributed by atoms with Gasteiger partial charge in [0, 0.05) is 39.2 Å². The molecule has 5 nitrogen and oxygen atoms in total. The van der Waals surface area contributed by atoms with Crippen LogP contribution in [0.2, 0.25) is 0 Å². The Kier molecular flexibility index (Phi) is 4.90. The zero-order valence-corrected chi connectivity index (χ0v) is 11.0. The summed E-state index contributed by atoms with van der Waals surface area (Å²) < 4.78 is 5.37. The van der Waals surface area contributed by atoms with Crippen molar-refractivity contribution in [2.75, 3.05) is 38.3 Å². The fourth-order valence-electron chi connectivity index (χ4n) is 2.24. The van der Waals surface area contributed by atoms with E-state index in [2.05, 4.69) is 14.9 Å². The Morgan fingerprint density at radius 1 is 1.33 bits per heavy atom. The van der Waals surface area contributed by atoms with E-state index in [1.54, 1.807) is 0 Å². The third-order valence-corrected chi connectivity index (χ3v) is 3.34. The van der Waals surface area contributed by atoms with Crippen molar-refractivity contribution in [3.63, 3.8) is 0 Å². The highest BCUT2D eigenvalue weighted by Crippen LogP contribution is 2.17. The molecule has 0 bridgehead atoms. The van der Waals surface area contributed by atoms with Crippen LogP contribution < -0.4 is 10.6 Å². The molecule has 0 spiro atoms. The van der Waals surface area contributed by atoms with Gasteiger partial charge in [0.05, 0.1) is 0 Å². The van der Waals surface area contributed by atoms with Gasteiger partial charge in [0.25, 0.3) is 0 Å². The highest BCUT2D eigenvalue weighted by Gasteiger charge is 2.16. The number of anilines is 1. The largest absolute Gasteiger partial charge is 0.381 e. The number of rotatable bonds is 5. The van der Waals surface area contributed by atoms with Crippen LogP contribution in [0.1, 0.15) is 18.4 Å². The molecule has 1 aliphatic rings. The molecule has 1 aliphatic heterocycles. The Hall–Kier alpha value is -1.20. The molecular formula is C13H22N4O. The van der Waals surface area contributed by atoms with E-state index < -0.39 is 0 Å². The van der Waals surface area contributed by atoms with Gasteiger partial charge in [-0.15, -0.1) is 0 Å². The molecule has 2 rings (SSSR count).